The summed E-state index contributed by atoms with van der Waals surface area (Å²) >= 11 is 1.24. The Balaban J connectivity index is 0.00000338. The number of rotatable bonds is 8. The number of nitrogens with one attached hydrogen (secondary N) is 2. The SMILES string of the molecule is COCCNCC(=O)Nc1ncc(Cc2cccc(C(F)(F)F)c2)s1.Cl. The van der Waals surface area contributed by atoms with Gasteiger partial charge in [0.25, 0.3) is 0 Å². The monoisotopic (exact) mass is 409 g/mol. The van der Waals surface area contributed by atoms with Crippen molar-refractivity contribution in [3.05, 3.63) is 46.5 Å². The first-order valence-corrected chi connectivity index (χ1v) is 8.30. The van der Waals surface area contributed by atoms with Gasteiger partial charge in [0.1, 0.15) is 0 Å². The van der Waals surface area contributed by atoms with Crippen LogP contribution in [0.1, 0.15) is 16.0 Å². The number of ether oxygens (including phenoxy) is 1. The minimum absolute atomic E-state index is 0. The van der Waals surface area contributed by atoms with E-state index in [2.05, 4.69) is 15.6 Å². The van der Waals surface area contributed by atoms with Crippen LogP contribution in [0.25, 0.3) is 0 Å². The van der Waals surface area contributed by atoms with Crippen LogP contribution < -0.4 is 10.6 Å². The van der Waals surface area contributed by atoms with Crippen molar-refractivity contribution in [2.24, 2.45) is 0 Å². The maximum atomic E-state index is 12.7. The molecule has 2 rings (SSSR count). The Labute approximate surface area is 159 Å². The summed E-state index contributed by atoms with van der Waals surface area (Å²) in [5, 5.41) is 5.97. The molecule has 2 N–H and O–H groups in total. The van der Waals surface area contributed by atoms with E-state index >= 15 is 0 Å². The Hall–Kier alpha value is -1.68. The van der Waals surface area contributed by atoms with Crippen molar-refractivity contribution in [2.45, 2.75) is 12.6 Å². The maximum absolute atomic E-state index is 12.7. The third-order valence-corrected chi connectivity index (χ3v) is 4.11. The molecule has 0 aliphatic heterocycles. The Morgan fingerprint density at radius 3 is 2.81 bits per heavy atom. The fraction of sp³-hybridized carbons (Fsp3) is 0.375. The molecule has 0 saturated heterocycles. The average Bonchev–Trinajstić information content (AvgIpc) is 2.98. The number of thiazole rings is 1. The molecular weight excluding hydrogens is 391 g/mol. The minimum atomic E-state index is -4.36. The lowest BCUT2D eigenvalue weighted by Crippen LogP contribution is -2.30. The molecule has 2 aromatic rings. The van der Waals surface area contributed by atoms with E-state index in [1.165, 1.54) is 17.4 Å². The van der Waals surface area contributed by atoms with Crippen LogP contribution >= 0.6 is 23.7 Å². The van der Waals surface area contributed by atoms with Gasteiger partial charge in [0.15, 0.2) is 5.13 Å². The van der Waals surface area contributed by atoms with Crippen LogP contribution in [0.15, 0.2) is 30.5 Å². The molecule has 0 fully saturated rings. The molecule has 26 heavy (non-hydrogen) atoms. The summed E-state index contributed by atoms with van der Waals surface area (Å²) < 4.78 is 43.1. The number of amides is 1. The zero-order chi connectivity index (χ0) is 18.3. The fourth-order valence-corrected chi connectivity index (χ4v) is 2.91. The summed E-state index contributed by atoms with van der Waals surface area (Å²) in [6.07, 6.45) is -2.49. The standard InChI is InChI=1S/C16H18F3N3O2S.ClH/c1-24-6-5-20-10-14(23)22-15-21-9-13(25-15)8-11-3-2-4-12(7-11)16(17,18)19;/h2-4,7,9,20H,5-6,8,10H2,1H3,(H,21,22,23);1H. The number of anilines is 1. The Kier molecular flexibility index (Phi) is 9.00. The lowest BCUT2D eigenvalue weighted by molar-refractivity contribution is -0.137. The highest BCUT2D eigenvalue weighted by Gasteiger charge is 2.30. The molecule has 0 atom stereocenters. The number of halogens is 4. The van der Waals surface area contributed by atoms with E-state index in [0.717, 1.165) is 17.0 Å². The lowest BCUT2D eigenvalue weighted by atomic mass is 10.1. The molecule has 1 aromatic heterocycles. The highest BCUT2D eigenvalue weighted by molar-refractivity contribution is 7.15. The molecule has 10 heteroatoms. The zero-order valence-electron chi connectivity index (χ0n) is 13.9. The number of nitrogens with zero attached hydrogens (tertiary/aromatic N) is 1. The number of carbonyl (C=O) groups excluding carboxylic acids is 1. The summed E-state index contributed by atoms with van der Waals surface area (Å²) in [7, 11) is 1.57. The largest absolute Gasteiger partial charge is 0.416 e. The normalized spacial score (nSPS) is 11.1. The quantitative estimate of drug-likeness (QED) is 0.656. The molecule has 0 aliphatic rings. The topological polar surface area (TPSA) is 63.2 Å². The predicted octanol–water partition coefficient (Wildman–Crippen LogP) is 3.35. The fourth-order valence-electron chi connectivity index (χ4n) is 2.05. The van der Waals surface area contributed by atoms with Crippen molar-refractivity contribution in [3.8, 4) is 0 Å². The van der Waals surface area contributed by atoms with Gasteiger partial charge in [0.05, 0.1) is 18.7 Å². The second-order valence-electron chi connectivity index (χ2n) is 5.22. The van der Waals surface area contributed by atoms with Crippen LogP contribution in [0.5, 0.6) is 0 Å². The van der Waals surface area contributed by atoms with Crippen LogP contribution in [0.2, 0.25) is 0 Å². The molecule has 0 radical (unpaired) electrons. The van der Waals surface area contributed by atoms with Gasteiger partial charge in [-0.3, -0.25) is 4.79 Å². The van der Waals surface area contributed by atoms with E-state index in [9.17, 15) is 18.0 Å². The molecule has 0 bridgehead atoms. The van der Waals surface area contributed by atoms with Crippen molar-refractivity contribution in [2.75, 3.05) is 32.1 Å². The van der Waals surface area contributed by atoms with Crippen molar-refractivity contribution in [1.29, 1.82) is 0 Å². The van der Waals surface area contributed by atoms with Gasteiger partial charge >= 0.3 is 6.18 Å². The van der Waals surface area contributed by atoms with Crippen LogP contribution in [0.3, 0.4) is 0 Å². The van der Waals surface area contributed by atoms with Gasteiger partial charge in [-0.25, -0.2) is 4.98 Å². The van der Waals surface area contributed by atoms with Crippen molar-refractivity contribution < 1.29 is 22.7 Å². The molecule has 0 spiro atoms. The maximum Gasteiger partial charge on any atom is 0.416 e. The second-order valence-corrected chi connectivity index (χ2v) is 6.34. The van der Waals surface area contributed by atoms with Crippen LogP contribution in [-0.4, -0.2) is 37.7 Å². The van der Waals surface area contributed by atoms with Gasteiger partial charge in [0, 0.05) is 31.1 Å². The van der Waals surface area contributed by atoms with E-state index in [-0.39, 0.29) is 24.9 Å². The van der Waals surface area contributed by atoms with Gasteiger partial charge in [0.2, 0.25) is 5.91 Å². The second kappa shape index (κ2) is 10.5. The minimum Gasteiger partial charge on any atom is -0.383 e. The smallest absolute Gasteiger partial charge is 0.383 e. The Morgan fingerprint density at radius 2 is 2.12 bits per heavy atom. The molecule has 0 unspecified atom stereocenters. The summed E-state index contributed by atoms with van der Waals surface area (Å²) in [4.78, 5) is 16.6. The van der Waals surface area contributed by atoms with Gasteiger partial charge in [-0.1, -0.05) is 18.2 Å². The van der Waals surface area contributed by atoms with Crippen molar-refractivity contribution >= 4 is 34.8 Å². The Morgan fingerprint density at radius 1 is 1.35 bits per heavy atom. The first-order chi connectivity index (χ1) is 11.9. The van der Waals surface area contributed by atoms with E-state index in [1.54, 1.807) is 19.4 Å². The van der Waals surface area contributed by atoms with E-state index in [1.807, 2.05) is 0 Å². The number of hydrogen-bond acceptors (Lipinski definition) is 5. The third-order valence-electron chi connectivity index (χ3n) is 3.20. The predicted molar refractivity (Wildman–Crippen MR) is 97.0 cm³/mol. The van der Waals surface area contributed by atoms with Gasteiger partial charge in [-0.15, -0.1) is 23.7 Å². The van der Waals surface area contributed by atoms with Crippen molar-refractivity contribution in [3.63, 3.8) is 0 Å². The summed E-state index contributed by atoms with van der Waals surface area (Å²) in [5.74, 6) is -0.240. The van der Waals surface area contributed by atoms with Crippen LogP contribution in [0.4, 0.5) is 18.3 Å². The summed E-state index contributed by atoms with van der Waals surface area (Å²) in [6, 6.07) is 5.18. The highest BCUT2D eigenvalue weighted by atomic mass is 35.5. The number of aromatic nitrogens is 1. The molecule has 0 aliphatic carbocycles. The van der Waals surface area contributed by atoms with E-state index < -0.39 is 11.7 Å². The molecule has 144 valence electrons. The number of carbonyl (C=O) groups is 1. The Bertz CT molecular complexity index is 710. The van der Waals surface area contributed by atoms with Gasteiger partial charge in [-0.2, -0.15) is 13.2 Å². The molecule has 1 heterocycles. The number of benzene rings is 1. The van der Waals surface area contributed by atoms with Crippen LogP contribution in [0, 0.1) is 0 Å². The van der Waals surface area contributed by atoms with Crippen LogP contribution in [-0.2, 0) is 22.1 Å². The van der Waals surface area contributed by atoms with Gasteiger partial charge in [-0.05, 0) is 11.6 Å². The molecular formula is C16H19ClF3N3O2S. The molecule has 1 aromatic carbocycles. The zero-order valence-corrected chi connectivity index (χ0v) is 15.6. The van der Waals surface area contributed by atoms with E-state index in [0.29, 0.717) is 30.3 Å². The summed E-state index contributed by atoms with van der Waals surface area (Å²) in [5.41, 5.74) is -0.136. The molecule has 1 amide bonds. The van der Waals surface area contributed by atoms with E-state index in [4.69, 9.17) is 4.74 Å². The van der Waals surface area contributed by atoms with Crippen molar-refractivity contribution in [1.82, 2.24) is 10.3 Å². The number of alkyl halides is 3. The first kappa shape index (κ1) is 22.4. The molecule has 0 saturated carbocycles. The molecule has 5 nitrogen and oxygen atoms in total. The summed E-state index contributed by atoms with van der Waals surface area (Å²) in [6.45, 7) is 1.19. The highest BCUT2D eigenvalue weighted by Crippen LogP contribution is 2.30. The number of methoxy groups -OCH3 is 1. The first-order valence-electron chi connectivity index (χ1n) is 7.49. The third kappa shape index (κ3) is 7.28. The average molecular weight is 410 g/mol. The number of hydrogen-bond donors (Lipinski definition) is 2. The van der Waals surface area contributed by atoms with Gasteiger partial charge < -0.3 is 15.4 Å². The lowest BCUT2D eigenvalue weighted by Gasteiger charge is -2.07.